The highest BCUT2D eigenvalue weighted by Crippen LogP contribution is 2.26. The number of nitrogens with zero attached hydrogens (tertiary/aromatic N) is 3. The Labute approximate surface area is 110 Å². The summed E-state index contributed by atoms with van der Waals surface area (Å²) in [5.74, 6) is 0.776. The van der Waals surface area contributed by atoms with E-state index in [0.29, 0.717) is 0 Å². The fourth-order valence-corrected chi connectivity index (χ4v) is 1.96. The minimum absolute atomic E-state index is 0.776. The molecule has 0 spiro atoms. The molecular weight excluding hydrogens is 238 g/mol. The van der Waals surface area contributed by atoms with E-state index in [0.717, 1.165) is 28.2 Å². The summed E-state index contributed by atoms with van der Waals surface area (Å²) in [6.07, 6.45) is 7.04. The van der Waals surface area contributed by atoms with Crippen molar-refractivity contribution in [2.24, 2.45) is 0 Å². The van der Waals surface area contributed by atoms with Crippen molar-refractivity contribution in [2.45, 2.75) is 0 Å². The van der Waals surface area contributed by atoms with Crippen LogP contribution >= 0.6 is 0 Å². The fraction of sp³-hybridized carbons (Fsp3) is 0.0714. The zero-order valence-electron chi connectivity index (χ0n) is 10.5. The fourth-order valence-electron chi connectivity index (χ4n) is 1.96. The summed E-state index contributed by atoms with van der Waals surface area (Å²) in [6, 6.07) is 8.17. The first-order valence-corrected chi connectivity index (χ1v) is 5.97. The van der Waals surface area contributed by atoms with Crippen molar-refractivity contribution in [1.29, 1.82) is 0 Å². The Kier molecular flexibility index (Phi) is 2.94. The molecule has 0 fully saturated rings. The van der Waals surface area contributed by atoms with Crippen molar-refractivity contribution < 1.29 is 0 Å². The first-order valence-electron chi connectivity index (χ1n) is 5.97. The van der Waals surface area contributed by atoms with Gasteiger partial charge in [0.05, 0.1) is 6.20 Å². The second kappa shape index (κ2) is 4.89. The molecule has 2 N–H and O–H groups in total. The molecule has 0 aliphatic rings. The molecule has 0 bridgehead atoms. The molecule has 0 saturated carbocycles. The third kappa shape index (κ3) is 2.18. The van der Waals surface area contributed by atoms with E-state index in [-0.39, 0.29) is 0 Å². The van der Waals surface area contributed by atoms with E-state index in [1.807, 2.05) is 37.5 Å². The second-order valence-electron chi connectivity index (χ2n) is 4.07. The standard InChI is InChI=1S/C14H13N5/c1-15-14-13(16-6-7-17-14)11-4-2-10(3-5-11)12-8-18-19-9-12/h2-9H,1H3,(H,15,17)(H,18,19). The van der Waals surface area contributed by atoms with Crippen LogP contribution < -0.4 is 5.32 Å². The van der Waals surface area contributed by atoms with Gasteiger partial charge in [0.25, 0.3) is 0 Å². The maximum Gasteiger partial charge on any atom is 0.152 e. The molecule has 3 aromatic rings. The number of hydrogen-bond acceptors (Lipinski definition) is 4. The van der Waals surface area contributed by atoms with E-state index in [1.165, 1.54) is 0 Å². The van der Waals surface area contributed by atoms with Gasteiger partial charge >= 0.3 is 0 Å². The number of H-pyrrole nitrogens is 1. The third-order valence-electron chi connectivity index (χ3n) is 2.92. The summed E-state index contributed by atoms with van der Waals surface area (Å²) in [5.41, 5.74) is 4.07. The Morgan fingerprint density at radius 1 is 0.947 bits per heavy atom. The predicted molar refractivity (Wildman–Crippen MR) is 74.6 cm³/mol. The van der Waals surface area contributed by atoms with Crippen LogP contribution in [0.2, 0.25) is 0 Å². The lowest BCUT2D eigenvalue weighted by atomic mass is 10.1. The van der Waals surface area contributed by atoms with Crippen molar-refractivity contribution in [3.8, 4) is 22.4 Å². The van der Waals surface area contributed by atoms with Crippen molar-refractivity contribution in [3.05, 3.63) is 49.1 Å². The van der Waals surface area contributed by atoms with Crippen LogP contribution in [0.15, 0.2) is 49.1 Å². The van der Waals surface area contributed by atoms with Gasteiger partial charge in [0.15, 0.2) is 5.82 Å². The molecule has 5 heteroatoms. The molecule has 19 heavy (non-hydrogen) atoms. The number of rotatable bonds is 3. The Morgan fingerprint density at radius 2 is 1.68 bits per heavy atom. The van der Waals surface area contributed by atoms with E-state index in [9.17, 15) is 0 Å². The number of benzene rings is 1. The van der Waals surface area contributed by atoms with Crippen LogP contribution in [0.5, 0.6) is 0 Å². The number of hydrogen-bond donors (Lipinski definition) is 2. The molecule has 0 aliphatic heterocycles. The molecule has 2 aromatic heterocycles. The highest BCUT2D eigenvalue weighted by molar-refractivity contribution is 5.73. The molecule has 0 unspecified atom stereocenters. The summed E-state index contributed by atoms with van der Waals surface area (Å²) in [7, 11) is 1.84. The lowest BCUT2D eigenvalue weighted by molar-refractivity contribution is 1.09. The van der Waals surface area contributed by atoms with Gasteiger partial charge in [0, 0.05) is 36.8 Å². The Morgan fingerprint density at radius 3 is 2.37 bits per heavy atom. The van der Waals surface area contributed by atoms with Gasteiger partial charge in [-0.25, -0.2) is 4.98 Å². The van der Waals surface area contributed by atoms with Crippen LogP contribution in [0.4, 0.5) is 5.82 Å². The molecule has 0 radical (unpaired) electrons. The topological polar surface area (TPSA) is 66.5 Å². The molecule has 0 saturated heterocycles. The minimum atomic E-state index is 0.776. The monoisotopic (exact) mass is 251 g/mol. The average Bonchev–Trinajstić information content (AvgIpc) is 3.02. The predicted octanol–water partition coefficient (Wildman–Crippen LogP) is 2.58. The van der Waals surface area contributed by atoms with Crippen molar-refractivity contribution in [3.63, 3.8) is 0 Å². The lowest BCUT2D eigenvalue weighted by Gasteiger charge is -2.07. The zero-order valence-corrected chi connectivity index (χ0v) is 10.5. The summed E-state index contributed by atoms with van der Waals surface area (Å²) in [4.78, 5) is 8.63. The van der Waals surface area contributed by atoms with Gasteiger partial charge in [-0.05, 0) is 5.56 Å². The van der Waals surface area contributed by atoms with Crippen LogP contribution in [-0.2, 0) is 0 Å². The van der Waals surface area contributed by atoms with Crippen LogP contribution in [-0.4, -0.2) is 27.2 Å². The maximum absolute atomic E-state index is 4.37. The average molecular weight is 251 g/mol. The highest BCUT2D eigenvalue weighted by Gasteiger charge is 2.06. The van der Waals surface area contributed by atoms with Gasteiger partial charge in [-0.3, -0.25) is 10.1 Å². The van der Waals surface area contributed by atoms with E-state index in [2.05, 4.69) is 25.5 Å². The molecule has 3 rings (SSSR count). The van der Waals surface area contributed by atoms with Crippen LogP contribution in [0.25, 0.3) is 22.4 Å². The molecule has 0 amide bonds. The SMILES string of the molecule is CNc1nccnc1-c1ccc(-c2cn[nH]c2)cc1. The quantitative estimate of drug-likeness (QED) is 0.750. The molecular formula is C14H13N5. The highest BCUT2D eigenvalue weighted by atomic mass is 15.1. The van der Waals surface area contributed by atoms with E-state index >= 15 is 0 Å². The Bertz CT molecular complexity index is 659. The Balaban J connectivity index is 1.99. The van der Waals surface area contributed by atoms with Crippen molar-refractivity contribution in [1.82, 2.24) is 20.2 Å². The van der Waals surface area contributed by atoms with Gasteiger partial charge in [0.2, 0.25) is 0 Å². The number of aromatic amines is 1. The number of aromatic nitrogens is 4. The molecule has 1 aromatic carbocycles. The van der Waals surface area contributed by atoms with Crippen molar-refractivity contribution >= 4 is 5.82 Å². The van der Waals surface area contributed by atoms with Crippen LogP contribution in [0.1, 0.15) is 0 Å². The summed E-state index contributed by atoms with van der Waals surface area (Å²) in [5, 5.41) is 9.81. The molecule has 2 heterocycles. The second-order valence-corrected chi connectivity index (χ2v) is 4.07. The summed E-state index contributed by atoms with van der Waals surface area (Å²) >= 11 is 0. The third-order valence-corrected chi connectivity index (χ3v) is 2.92. The zero-order chi connectivity index (χ0) is 13.1. The summed E-state index contributed by atoms with van der Waals surface area (Å²) in [6.45, 7) is 0. The van der Waals surface area contributed by atoms with Crippen molar-refractivity contribution in [2.75, 3.05) is 12.4 Å². The lowest BCUT2D eigenvalue weighted by Crippen LogP contribution is -1.97. The maximum atomic E-state index is 4.37. The molecule has 0 atom stereocenters. The van der Waals surface area contributed by atoms with Gasteiger partial charge in [-0.1, -0.05) is 24.3 Å². The number of nitrogens with one attached hydrogen (secondary N) is 2. The normalized spacial score (nSPS) is 10.4. The van der Waals surface area contributed by atoms with Crippen LogP contribution in [0.3, 0.4) is 0 Å². The first kappa shape index (κ1) is 11.4. The van der Waals surface area contributed by atoms with Gasteiger partial charge in [0.1, 0.15) is 5.69 Å². The minimum Gasteiger partial charge on any atom is -0.371 e. The van der Waals surface area contributed by atoms with Crippen LogP contribution in [0, 0.1) is 0 Å². The van der Waals surface area contributed by atoms with Gasteiger partial charge in [-0.15, -0.1) is 0 Å². The smallest absolute Gasteiger partial charge is 0.152 e. The first-order chi connectivity index (χ1) is 9.38. The van der Waals surface area contributed by atoms with Gasteiger partial charge < -0.3 is 5.32 Å². The number of anilines is 1. The summed E-state index contributed by atoms with van der Waals surface area (Å²) < 4.78 is 0. The van der Waals surface area contributed by atoms with Gasteiger partial charge in [-0.2, -0.15) is 5.10 Å². The van der Waals surface area contributed by atoms with E-state index in [4.69, 9.17) is 0 Å². The molecule has 5 nitrogen and oxygen atoms in total. The Hall–Kier alpha value is -2.69. The molecule has 94 valence electrons. The molecule has 0 aliphatic carbocycles. The van der Waals surface area contributed by atoms with E-state index in [1.54, 1.807) is 18.6 Å². The van der Waals surface area contributed by atoms with E-state index < -0.39 is 0 Å². The largest absolute Gasteiger partial charge is 0.371 e.